The van der Waals surface area contributed by atoms with Gasteiger partial charge < -0.3 is 41.3 Å². The number of rotatable bonds is 18. The van der Waals surface area contributed by atoms with E-state index in [1.54, 1.807) is 18.9 Å². The third-order valence-electron chi connectivity index (χ3n) is 9.38. The molecule has 5 rings (SSSR count). The highest BCUT2D eigenvalue weighted by atomic mass is 32.2. The van der Waals surface area contributed by atoms with Crippen LogP contribution in [0.5, 0.6) is 0 Å². The fraction of sp³-hybridized carbons (Fsp3) is 0.710. The monoisotopic (exact) mass is 705 g/mol. The van der Waals surface area contributed by atoms with Gasteiger partial charge in [0.25, 0.3) is 0 Å². The second-order valence-electron chi connectivity index (χ2n) is 12.9. The van der Waals surface area contributed by atoms with Gasteiger partial charge in [0.2, 0.25) is 11.8 Å². The van der Waals surface area contributed by atoms with E-state index in [9.17, 15) is 34.5 Å². The summed E-state index contributed by atoms with van der Waals surface area (Å²) < 4.78 is 7.42. The van der Waals surface area contributed by atoms with Gasteiger partial charge in [-0.05, 0) is 39.2 Å². The highest BCUT2D eigenvalue weighted by Crippen LogP contribution is 2.34. The van der Waals surface area contributed by atoms with Gasteiger partial charge in [-0.1, -0.05) is 19.8 Å². The third-order valence-corrected chi connectivity index (χ3v) is 10.9. The molecule has 4 amide bonds. The van der Waals surface area contributed by atoms with Crippen LogP contribution in [0, 0.1) is 0 Å². The number of carbonyl (C=O) groups excluding carboxylic acids is 3. The summed E-state index contributed by atoms with van der Waals surface area (Å²) in [5.74, 6) is -0.0822. The average Bonchev–Trinajstić information content (AvgIpc) is 3.82. The Morgan fingerprint density at radius 3 is 2.63 bits per heavy atom. The van der Waals surface area contributed by atoms with Gasteiger partial charge in [0.1, 0.15) is 30.7 Å². The molecular formula is C31H47N9O8S. The maximum atomic E-state index is 12.7. The largest absolute Gasteiger partial charge is 0.480 e. The zero-order valence-electron chi connectivity index (χ0n) is 27.8. The minimum atomic E-state index is -1.33. The van der Waals surface area contributed by atoms with E-state index in [-0.39, 0.29) is 59.9 Å². The number of nitrogens with zero attached hydrogens (tertiary/aromatic N) is 5. The molecule has 0 radical (unpaired) electrons. The van der Waals surface area contributed by atoms with Crippen molar-refractivity contribution in [2.75, 3.05) is 31.2 Å². The highest BCUT2D eigenvalue weighted by Gasteiger charge is 2.45. The van der Waals surface area contributed by atoms with E-state index in [0.717, 1.165) is 37.9 Å². The van der Waals surface area contributed by atoms with Gasteiger partial charge >= 0.3 is 12.0 Å². The highest BCUT2D eigenvalue weighted by molar-refractivity contribution is 8.00. The lowest BCUT2D eigenvalue weighted by molar-refractivity contribution is -0.144. The second-order valence-corrected chi connectivity index (χ2v) is 14.1. The Balaban J connectivity index is 0.996. The Hall–Kier alpha value is -3.58. The number of amides is 4. The Labute approximate surface area is 288 Å². The molecule has 2 aromatic rings. The number of carbonyl (C=O) groups is 4. The molecule has 7 N–H and O–H groups in total. The van der Waals surface area contributed by atoms with E-state index in [1.165, 1.54) is 17.2 Å². The van der Waals surface area contributed by atoms with E-state index in [0.29, 0.717) is 31.1 Å². The Bertz CT molecular complexity index is 1480. The number of urea groups is 1. The number of anilines is 1. The average molecular weight is 706 g/mol. The summed E-state index contributed by atoms with van der Waals surface area (Å²) in [5, 5.41) is 43.0. The summed E-state index contributed by atoms with van der Waals surface area (Å²) in [5.41, 5.74) is 0.573. The molecule has 0 spiro atoms. The number of hydrogen-bond acceptors (Lipinski definition) is 12. The van der Waals surface area contributed by atoms with Crippen molar-refractivity contribution in [3.8, 4) is 0 Å². The van der Waals surface area contributed by atoms with Gasteiger partial charge in [0.05, 0.1) is 18.4 Å². The molecule has 3 aliphatic heterocycles. The minimum absolute atomic E-state index is 0.0222. The molecule has 18 heteroatoms. The minimum Gasteiger partial charge on any atom is -0.480 e. The van der Waals surface area contributed by atoms with E-state index in [2.05, 4.69) is 36.2 Å². The first-order valence-electron chi connectivity index (χ1n) is 16.9. The standard InChI is InChI=1S/C31H47N9O8S/c1-3-18(30(45)46)39(2)13-19-25(43)26(44)29(48-19)40-16-35-24-27(33-15-34-28(24)40)37-22(42)11-5-4-8-12-32-21(41)10-7-6-9-20-23-17(14-49-20)36-31(47)38-23/h15-20,23,25-26,29,43-44H,3-14H2,1-2H3,(H,32,41)(H,45,46)(H2,36,38,47)(H,33,34,37,42)/t17-,18?,19+,20-,23-,25+,26+,29+/m0/s1. The number of aromatic nitrogens is 4. The van der Waals surface area contributed by atoms with Crippen molar-refractivity contribution in [1.29, 1.82) is 0 Å². The molecule has 2 aromatic heterocycles. The first-order chi connectivity index (χ1) is 23.6. The topological polar surface area (TPSA) is 233 Å². The number of carboxylic acid groups (broad SMARTS) is 1. The summed E-state index contributed by atoms with van der Waals surface area (Å²) >= 11 is 1.88. The summed E-state index contributed by atoms with van der Waals surface area (Å²) in [6.07, 6.45) is 4.06. The molecule has 17 nitrogen and oxygen atoms in total. The number of imidazole rings is 1. The Morgan fingerprint density at radius 1 is 1.08 bits per heavy atom. The Kier molecular flexibility index (Phi) is 12.6. The number of unbranched alkanes of at least 4 members (excludes halogenated alkanes) is 3. The molecule has 270 valence electrons. The smallest absolute Gasteiger partial charge is 0.320 e. The van der Waals surface area contributed by atoms with Gasteiger partial charge in [0.15, 0.2) is 23.2 Å². The van der Waals surface area contributed by atoms with Crippen molar-refractivity contribution in [3.63, 3.8) is 0 Å². The van der Waals surface area contributed by atoms with Gasteiger partial charge in [0, 0.05) is 36.9 Å². The quantitative estimate of drug-likeness (QED) is 0.0832. The van der Waals surface area contributed by atoms with Gasteiger partial charge in [-0.2, -0.15) is 11.8 Å². The van der Waals surface area contributed by atoms with Crippen LogP contribution in [0.15, 0.2) is 12.7 Å². The molecule has 49 heavy (non-hydrogen) atoms. The van der Waals surface area contributed by atoms with Crippen LogP contribution < -0.4 is 21.3 Å². The van der Waals surface area contributed by atoms with Crippen molar-refractivity contribution >= 4 is 52.6 Å². The van der Waals surface area contributed by atoms with Gasteiger partial charge in [-0.3, -0.25) is 23.9 Å². The van der Waals surface area contributed by atoms with Crippen molar-refractivity contribution in [3.05, 3.63) is 12.7 Å². The van der Waals surface area contributed by atoms with Crippen molar-refractivity contribution in [2.45, 2.75) is 113 Å². The molecule has 8 atom stereocenters. The summed E-state index contributed by atoms with van der Waals surface area (Å²) in [7, 11) is 1.62. The fourth-order valence-electron chi connectivity index (χ4n) is 6.70. The summed E-state index contributed by atoms with van der Waals surface area (Å²) in [6, 6.07) is -0.448. The van der Waals surface area contributed by atoms with Crippen LogP contribution in [-0.2, 0) is 19.1 Å². The zero-order valence-corrected chi connectivity index (χ0v) is 28.6. The van der Waals surface area contributed by atoms with Gasteiger partial charge in [-0.25, -0.2) is 19.7 Å². The number of aliphatic carboxylic acids is 1. The number of hydrogen-bond donors (Lipinski definition) is 7. The van der Waals surface area contributed by atoms with Crippen LogP contribution in [0.3, 0.4) is 0 Å². The molecule has 5 heterocycles. The lowest BCUT2D eigenvalue weighted by atomic mass is 10.0. The van der Waals surface area contributed by atoms with E-state index in [4.69, 9.17) is 4.74 Å². The molecule has 3 aliphatic rings. The fourth-order valence-corrected chi connectivity index (χ4v) is 8.24. The molecule has 3 saturated heterocycles. The van der Waals surface area contributed by atoms with Crippen molar-refractivity contribution in [1.82, 2.24) is 40.4 Å². The second kappa shape index (κ2) is 16.9. The predicted octanol–water partition coefficient (Wildman–Crippen LogP) is 0.581. The van der Waals surface area contributed by atoms with Gasteiger partial charge in [-0.15, -0.1) is 0 Å². The van der Waals surface area contributed by atoms with Crippen molar-refractivity contribution in [2.24, 2.45) is 0 Å². The lowest BCUT2D eigenvalue weighted by Crippen LogP contribution is -2.45. The molecule has 0 aliphatic carbocycles. The third kappa shape index (κ3) is 8.97. The molecule has 0 aromatic carbocycles. The number of carboxylic acids is 1. The van der Waals surface area contributed by atoms with Crippen LogP contribution in [0.1, 0.15) is 70.9 Å². The molecular weight excluding hydrogens is 658 g/mol. The SMILES string of the molecule is CCC(C(=O)O)N(C)C[C@H]1O[C@@H](n2cnc3c(NC(=O)CCCCCNC(=O)CCCC[C@@H]4SC[C@@H]5NC(=O)N[C@@H]54)ncnc32)[C@H](O)[C@@H]1O. The number of nitrogens with one attached hydrogen (secondary N) is 4. The molecule has 0 bridgehead atoms. The van der Waals surface area contributed by atoms with Crippen LogP contribution >= 0.6 is 11.8 Å². The van der Waals surface area contributed by atoms with E-state index < -0.39 is 36.6 Å². The van der Waals surface area contributed by atoms with Crippen LogP contribution in [-0.4, -0.2) is 131 Å². The lowest BCUT2D eigenvalue weighted by Gasteiger charge is -2.27. The number of aliphatic hydroxyl groups excluding tert-OH is 2. The summed E-state index contributed by atoms with van der Waals surface area (Å²) in [6.45, 7) is 2.38. The molecule has 1 unspecified atom stereocenters. The molecule has 3 fully saturated rings. The van der Waals surface area contributed by atoms with Crippen LogP contribution in [0.2, 0.25) is 0 Å². The number of aliphatic hydroxyl groups is 2. The Morgan fingerprint density at radius 2 is 1.86 bits per heavy atom. The first kappa shape index (κ1) is 36.7. The number of ether oxygens (including phenoxy) is 1. The molecule has 0 saturated carbocycles. The van der Waals surface area contributed by atoms with Crippen molar-refractivity contribution < 1.29 is 39.2 Å². The predicted molar refractivity (Wildman–Crippen MR) is 180 cm³/mol. The van der Waals surface area contributed by atoms with E-state index in [1.807, 2.05) is 11.8 Å². The van der Waals surface area contributed by atoms with E-state index >= 15 is 0 Å². The maximum absolute atomic E-state index is 12.7. The normalized spacial score (nSPS) is 26.8. The zero-order chi connectivity index (χ0) is 35.1. The first-order valence-corrected chi connectivity index (χ1v) is 18.0. The summed E-state index contributed by atoms with van der Waals surface area (Å²) in [4.78, 5) is 62.3. The van der Waals surface area contributed by atoms with Crippen LogP contribution in [0.4, 0.5) is 10.6 Å². The number of likely N-dealkylation sites (N-methyl/N-ethyl adjacent to an activating group) is 1. The van der Waals surface area contributed by atoms with Crippen LogP contribution in [0.25, 0.3) is 11.2 Å². The number of fused-ring (bicyclic) bond motifs is 2. The maximum Gasteiger partial charge on any atom is 0.320 e. The number of thioether (sulfide) groups is 1.